The topological polar surface area (TPSA) is 69.0 Å². The van der Waals surface area contributed by atoms with Crippen molar-refractivity contribution in [3.8, 4) is 11.6 Å². The van der Waals surface area contributed by atoms with Gasteiger partial charge in [0.15, 0.2) is 5.69 Å². The van der Waals surface area contributed by atoms with Gasteiger partial charge >= 0.3 is 0 Å². The van der Waals surface area contributed by atoms with E-state index in [2.05, 4.69) is 21.5 Å². The first-order chi connectivity index (χ1) is 12.9. The second-order valence-corrected chi connectivity index (χ2v) is 6.70. The third-order valence-electron chi connectivity index (χ3n) is 3.85. The number of amides is 1. The number of halogens is 1. The van der Waals surface area contributed by atoms with Crippen molar-refractivity contribution in [1.82, 2.24) is 14.8 Å². The van der Waals surface area contributed by atoms with Crippen molar-refractivity contribution in [1.29, 1.82) is 0 Å². The summed E-state index contributed by atoms with van der Waals surface area (Å²) in [6.07, 6.45) is 0. The minimum absolute atomic E-state index is 0.105. The molecule has 7 heteroatoms. The second kappa shape index (κ2) is 7.80. The zero-order chi connectivity index (χ0) is 19.6. The van der Waals surface area contributed by atoms with Gasteiger partial charge in [-0.05, 0) is 57.0 Å². The molecule has 140 valence electrons. The minimum Gasteiger partial charge on any atom is -0.478 e. The van der Waals surface area contributed by atoms with Crippen molar-refractivity contribution in [2.75, 3.05) is 11.9 Å². The molecule has 27 heavy (non-hydrogen) atoms. The number of nitrogens with zero attached hydrogens (tertiary/aromatic N) is 3. The molecule has 0 saturated heterocycles. The van der Waals surface area contributed by atoms with Gasteiger partial charge in [-0.15, -0.1) is 0 Å². The molecule has 2 aromatic heterocycles. The van der Waals surface area contributed by atoms with Crippen LogP contribution in [0.4, 0.5) is 5.82 Å². The van der Waals surface area contributed by atoms with E-state index in [-0.39, 0.29) is 10.7 Å². The van der Waals surface area contributed by atoms with Crippen LogP contribution in [-0.4, -0.2) is 27.3 Å². The summed E-state index contributed by atoms with van der Waals surface area (Å²) in [5, 5.41) is 7.61. The summed E-state index contributed by atoms with van der Waals surface area (Å²) in [7, 11) is 0. The average Bonchev–Trinajstić information content (AvgIpc) is 2.96. The fourth-order valence-electron chi connectivity index (χ4n) is 2.85. The zero-order valence-electron chi connectivity index (χ0n) is 15.7. The second-order valence-electron chi connectivity index (χ2n) is 6.30. The molecular formula is C20H21ClN4O2. The highest BCUT2D eigenvalue weighted by Crippen LogP contribution is 2.23. The van der Waals surface area contributed by atoms with E-state index >= 15 is 0 Å². The lowest BCUT2D eigenvalue weighted by molar-refractivity contribution is 0.102. The van der Waals surface area contributed by atoms with Crippen LogP contribution in [0.25, 0.3) is 5.69 Å². The Morgan fingerprint density at radius 2 is 1.85 bits per heavy atom. The van der Waals surface area contributed by atoms with Gasteiger partial charge in [-0.25, -0.2) is 9.67 Å². The molecule has 2 heterocycles. The van der Waals surface area contributed by atoms with Crippen molar-refractivity contribution in [2.45, 2.75) is 27.7 Å². The summed E-state index contributed by atoms with van der Waals surface area (Å²) in [6.45, 7) is 8.22. The van der Waals surface area contributed by atoms with E-state index in [0.29, 0.717) is 18.3 Å². The van der Waals surface area contributed by atoms with E-state index < -0.39 is 5.91 Å². The average molecular weight is 385 g/mol. The molecule has 0 aliphatic rings. The Kier molecular flexibility index (Phi) is 5.46. The van der Waals surface area contributed by atoms with Gasteiger partial charge in [-0.1, -0.05) is 17.7 Å². The number of carbonyl (C=O) groups is 1. The van der Waals surface area contributed by atoms with Crippen molar-refractivity contribution in [3.63, 3.8) is 0 Å². The van der Waals surface area contributed by atoms with E-state index in [1.165, 1.54) is 0 Å². The molecule has 1 aromatic carbocycles. The molecule has 0 aliphatic heterocycles. The largest absolute Gasteiger partial charge is 0.478 e. The number of ether oxygens (including phenoxy) is 1. The molecule has 0 aliphatic carbocycles. The van der Waals surface area contributed by atoms with E-state index in [1.54, 1.807) is 22.9 Å². The maximum absolute atomic E-state index is 12.8. The van der Waals surface area contributed by atoms with Gasteiger partial charge in [-0.3, -0.25) is 4.79 Å². The lowest BCUT2D eigenvalue weighted by Crippen LogP contribution is -2.17. The molecule has 0 unspecified atom stereocenters. The van der Waals surface area contributed by atoms with Gasteiger partial charge < -0.3 is 10.1 Å². The van der Waals surface area contributed by atoms with Crippen LogP contribution in [0.3, 0.4) is 0 Å². The highest BCUT2D eigenvalue weighted by molar-refractivity contribution is 6.34. The van der Waals surface area contributed by atoms with E-state index in [4.69, 9.17) is 16.3 Å². The number of rotatable bonds is 5. The number of anilines is 1. The molecule has 0 bridgehead atoms. The summed E-state index contributed by atoms with van der Waals surface area (Å²) < 4.78 is 7.06. The van der Waals surface area contributed by atoms with Gasteiger partial charge in [-0.2, -0.15) is 5.10 Å². The number of aryl methyl sites for hydroxylation is 3. The Morgan fingerprint density at radius 1 is 1.15 bits per heavy atom. The summed E-state index contributed by atoms with van der Waals surface area (Å²) in [5.74, 6) is 0.473. The monoisotopic (exact) mass is 384 g/mol. The van der Waals surface area contributed by atoms with Crippen LogP contribution < -0.4 is 10.1 Å². The molecule has 6 nitrogen and oxygen atoms in total. The third-order valence-corrected chi connectivity index (χ3v) is 4.16. The first-order valence-electron chi connectivity index (χ1n) is 8.63. The fraction of sp³-hybridized carbons (Fsp3) is 0.250. The Labute approximate surface area is 163 Å². The molecular weight excluding hydrogens is 364 g/mol. The minimum atomic E-state index is -0.424. The molecule has 0 spiro atoms. The number of aromatic nitrogens is 3. The SMILES string of the molecule is CCOc1ccc(Cl)c(C(=O)Nc2cc(C)nn2-c2cc(C)cc(C)c2)n1. The highest BCUT2D eigenvalue weighted by Gasteiger charge is 2.17. The molecule has 0 fully saturated rings. The van der Waals surface area contributed by atoms with E-state index in [0.717, 1.165) is 22.5 Å². The lowest BCUT2D eigenvalue weighted by Gasteiger charge is -2.11. The Hall–Kier alpha value is -2.86. The first-order valence-corrected chi connectivity index (χ1v) is 9.01. The van der Waals surface area contributed by atoms with E-state index in [1.807, 2.05) is 39.8 Å². The quantitative estimate of drug-likeness (QED) is 0.703. The number of nitrogens with one attached hydrogen (secondary N) is 1. The molecule has 3 rings (SSSR count). The van der Waals surface area contributed by atoms with Crippen LogP contribution in [0, 0.1) is 20.8 Å². The first kappa shape index (κ1) is 18.9. The lowest BCUT2D eigenvalue weighted by atomic mass is 10.1. The Morgan fingerprint density at radius 3 is 2.52 bits per heavy atom. The third kappa shape index (κ3) is 4.28. The normalized spacial score (nSPS) is 10.7. The number of carbonyl (C=O) groups excluding carboxylic acids is 1. The molecule has 3 aromatic rings. The number of benzene rings is 1. The van der Waals surface area contributed by atoms with Crippen molar-refractivity contribution < 1.29 is 9.53 Å². The summed E-state index contributed by atoms with van der Waals surface area (Å²) in [5.41, 5.74) is 3.99. The van der Waals surface area contributed by atoms with Gasteiger partial charge in [0.05, 0.1) is 23.0 Å². The van der Waals surface area contributed by atoms with Gasteiger partial charge in [0.25, 0.3) is 5.91 Å². The van der Waals surface area contributed by atoms with Crippen molar-refractivity contribution >= 4 is 23.3 Å². The predicted molar refractivity (Wildman–Crippen MR) is 106 cm³/mol. The molecule has 1 N–H and O–H groups in total. The summed E-state index contributed by atoms with van der Waals surface area (Å²) in [4.78, 5) is 17.0. The van der Waals surface area contributed by atoms with Gasteiger partial charge in [0.2, 0.25) is 5.88 Å². The Balaban J connectivity index is 1.95. The Bertz CT molecular complexity index is 977. The van der Waals surface area contributed by atoms with Crippen LogP contribution >= 0.6 is 11.6 Å². The zero-order valence-corrected chi connectivity index (χ0v) is 16.5. The predicted octanol–water partition coefficient (Wildman–Crippen LogP) is 4.50. The number of hydrogen-bond donors (Lipinski definition) is 1. The van der Waals surface area contributed by atoms with E-state index in [9.17, 15) is 4.79 Å². The van der Waals surface area contributed by atoms with Crippen LogP contribution in [-0.2, 0) is 0 Å². The highest BCUT2D eigenvalue weighted by atomic mass is 35.5. The van der Waals surface area contributed by atoms with Gasteiger partial charge in [0, 0.05) is 12.1 Å². The van der Waals surface area contributed by atoms with Gasteiger partial charge in [0.1, 0.15) is 5.82 Å². The summed E-state index contributed by atoms with van der Waals surface area (Å²) in [6, 6.07) is 11.1. The van der Waals surface area contributed by atoms with Crippen LogP contribution in [0.5, 0.6) is 5.88 Å². The van der Waals surface area contributed by atoms with Crippen molar-refractivity contribution in [3.05, 3.63) is 63.9 Å². The maximum Gasteiger partial charge on any atom is 0.277 e. The maximum atomic E-state index is 12.8. The summed E-state index contributed by atoms with van der Waals surface area (Å²) >= 11 is 6.16. The molecule has 0 radical (unpaired) electrons. The standard InChI is InChI=1S/C20H21ClN4O2/c1-5-27-18-7-6-16(21)19(23-18)20(26)22-17-11-14(4)24-25(17)15-9-12(2)8-13(3)10-15/h6-11H,5H2,1-4H3,(H,22,26). The van der Waals surface area contributed by atoms with Crippen LogP contribution in [0.2, 0.25) is 5.02 Å². The van der Waals surface area contributed by atoms with Crippen LogP contribution in [0.1, 0.15) is 34.2 Å². The van der Waals surface area contributed by atoms with Crippen molar-refractivity contribution in [2.24, 2.45) is 0 Å². The fourth-order valence-corrected chi connectivity index (χ4v) is 3.04. The molecule has 0 atom stereocenters. The molecule has 0 saturated carbocycles. The smallest absolute Gasteiger partial charge is 0.277 e. The molecule has 1 amide bonds. The number of pyridine rings is 1. The van der Waals surface area contributed by atoms with Crippen LogP contribution in [0.15, 0.2) is 36.4 Å². The number of hydrogen-bond acceptors (Lipinski definition) is 4.